The van der Waals surface area contributed by atoms with Crippen LogP contribution in [-0.2, 0) is 4.79 Å². The Balaban J connectivity index is 1.73. The summed E-state index contributed by atoms with van der Waals surface area (Å²) in [6.45, 7) is 0.808. The van der Waals surface area contributed by atoms with Crippen LogP contribution in [0.3, 0.4) is 0 Å². The summed E-state index contributed by atoms with van der Waals surface area (Å²) in [5.74, 6) is 0.0729. The summed E-state index contributed by atoms with van der Waals surface area (Å²) in [5, 5.41) is 6.11. The van der Waals surface area contributed by atoms with E-state index in [-0.39, 0.29) is 5.91 Å². The molecule has 0 unspecified atom stereocenters. The van der Waals surface area contributed by atoms with E-state index in [9.17, 15) is 4.79 Å². The van der Waals surface area contributed by atoms with Gasteiger partial charge >= 0.3 is 0 Å². The topological polar surface area (TPSA) is 32.3 Å². The summed E-state index contributed by atoms with van der Waals surface area (Å²) in [7, 11) is 0. The number of carbonyl (C=O) groups excluding carboxylic acids is 1. The lowest BCUT2D eigenvalue weighted by Crippen LogP contribution is -2.34. The van der Waals surface area contributed by atoms with Crippen LogP contribution in [0, 0.1) is 0 Å². The van der Waals surface area contributed by atoms with Gasteiger partial charge in [0.25, 0.3) is 5.91 Å². The Morgan fingerprint density at radius 1 is 1.53 bits per heavy atom. The SMILES string of the molecule is O=C(NC1CC1)C1=CSC2=CC=CCN21. The van der Waals surface area contributed by atoms with E-state index >= 15 is 0 Å². The van der Waals surface area contributed by atoms with Crippen LogP contribution in [-0.4, -0.2) is 23.4 Å². The first-order chi connectivity index (χ1) is 7.34. The number of thioether (sulfide) groups is 1. The zero-order chi connectivity index (χ0) is 10.3. The van der Waals surface area contributed by atoms with Crippen molar-refractivity contribution in [2.45, 2.75) is 18.9 Å². The molecule has 2 heterocycles. The van der Waals surface area contributed by atoms with Gasteiger partial charge in [0.1, 0.15) is 5.70 Å². The molecule has 2 aliphatic heterocycles. The number of hydrogen-bond acceptors (Lipinski definition) is 3. The smallest absolute Gasteiger partial charge is 0.268 e. The van der Waals surface area contributed by atoms with Gasteiger partial charge in [0.2, 0.25) is 0 Å². The summed E-state index contributed by atoms with van der Waals surface area (Å²) >= 11 is 1.62. The lowest BCUT2D eigenvalue weighted by atomic mass is 10.3. The molecule has 78 valence electrons. The monoisotopic (exact) mass is 220 g/mol. The third-order valence-electron chi connectivity index (χ3n) is 2.66. The number of fused-ring (bicyclic) bond motifs is 1. The molecule has 3 aliphatic rings. The van der Waals surface area contributed by atoms with Gasteiger partial charge in [0.05, 0.1) is 5.03 Å². The van der Waals surface area contributed by atoms with Gasteiger partial charge in [-0.05, 0) is 18.9 Å². The Hall–Kier alpha value is -1.16. The highest BCUT2D eigenvalue weighted by molar-refractivity contribution is 8.06. The molecular weight excluding hydrogens is 208 g/mol. The van der Waals surface area contributed by atoms with Crippen LogP contribution < -0.4 is 5.32 Å². The summed E-state index contributed by atoms with van der Waals surface area (Å²) in [6.07, 6.45) is 8.41. The Kier molecular flexibility index (Phi) is 2.09. The number of nitrogens with one attached hydrogen (secondary N) is 1. The highest BCUT2D eigenvalue weighted by Gasteiger charge is 2.30. The van der Waals surface area contributed by atoms with E-state index in [0.29, 0.717) is 6.04 Å². The molecule has 0 atom stereocenters. The molecule has 3 rings (SSSR count). The van der Waals surface area contributed by atoms with E-state index in [2.05, 4.69) is 16.3 Å². The van der Waals surface area contributed by atoms with Crippen molar-refractivity contribution in [3.63, 3.8) is 0 Å². The van der Waals surface area contributed by atoms with Crippen LogP contribution in [0.15, 0.2) is 34.4 Å². The van der Waals surface area contributed by atoms with E-state index in [1.54, 1.807) is 11.8 Å². The Labute approximate surface area is 92.9 Å². The molecule has 0 saturated heterocycles. The van der Waals surface area contributed by atoms with Crippen LogP contribution in [0.2, 0.25) is 0 Å². The summed E-state index contributed by atoms with van der Waals surface area (Å²) in [6, 6.07) is 0.428. The minimum Gasteiger partial charge on any atom is -0.348 e. The van der Waals surface area contributed by atoms with Crippen molar-refractivity contribution in [3.8, 4) is 0 Å². The van der Waals surface area contributed by atoms with Gasteiger partial charge in [-0.25, -0.2) is 0 Å². The standard InChI is InChI=1S/C11H12N2OS/c14-11(12-8-4-5-8)9-7-15-10-3-1-2-6-13(9)10/h1-3,7-8H,4-6H2,(H,12,14). The predicted molar refractivity (Wildman–Crippen MR) is 60.8 cm³/mol. The summed E-state index contributed by atoms with van der Waals surface area (Å²) in [5.41, 5.74) is 0.794. The lowest BCUT2D eigenvalue weighted by molar-refractivity contribution is -0.118. The van der Waals surface area contributed by atoms with Gasteiger partial charge in [-0.2, -0.15) is 0 Å². The second kappa shape index (κ2) is 3.45. The fourth-order valence-corrected chi connectivity index (χ4v) is 2.58. The average Bonchev–Trinajstić information content (AvgIpc) is 2.96. The van der Waals surface area contributed by atoms with E-state index in [1.165, 1.54) is 0 Å². The molecule has 0 aromatic carbocycles. The minimum atomic E-state index is 0.0729. The number of rotatable bonds is 2. The molecule has 0 aromatic heterocycles. The Morgan fingerprint density at radius 3 is 3.20 bits per heavy atom. The molecule has 3 nitrogen and oxygen atoms in total. The van der Waals surface area contributed by atoms with Crippen molar-refractivity contribution in [2.24, 2.45) is 0 Å². The van der Waals surface area contributed by atoms with Crippen LogP contribution in [0.1, 0.15) is 12.8 Å². The highest BCUT2D eigenvalue weighted by atomic mass is 32.2. The van der Waals surface area contributed by atoms with Crippen LogP contribution in [0.25, 0.3) is 0 Å². The average molecular weight is 220 g/mol. The van der Waals surface area contributed by atoms with E-state index < -0.39 is 0 Å². The minimum absolute atomic E-state index is 0.0729. The molecule has 0 aromatic rings. The van der Waals surface area contributed by atoms with Crippen molar-refractivity contribution >= 4 is 17.7 Å². The van der Waals surface area contributed by atoms with Crippen molar-refractivity contribution in [3.05, 3.63) is 34.4 Å². The van der Waals surface area contributed by atoms with Gasteiger partial charge in [0, 0.05) is 18.0 Å². The molecule has 4 heteroatoms. The van der Waals surface area contributed by atoms with Crippen molar-refractivity contribution < 1.29 is 4.79 Å². The van der Waals surface area contributed by atoms with Gasteiger partial charge in [0.15, 0.2) is 0 Å². The molecule has 1 saturated carbocycles. The maximum atomic E-state index is 11.9. The molecule has 15 heavy (non-hydrogen) atoms. The van der Waals surface area contributed by atoms with Crippen molar-refractivity contribution in [1.29, 1.82) is 0 Å². The molecule has 1 fully saturated rings. The second-order valence-corrected chi connectivity index (χ2v) is 4.80. The quantitative estimate of drug-likeness (QED) is 0.766. The lowest BCUT2D eigenvalue weighted by Gasteiger charge is -2.22. The third-order valence-corrected chi connectivity index (χ3v) is 3.60. The molecule has 0 radical (unpaired) electrons. The zero-order valence-corrected chi connectivity index (χ0v) is 9.09. The first-order valence-electron chi connectivity index (χ1n) is 5.16. The van der Waals surface area contributed by atoms with Gasteiger partial charge in [-0.1, -0.05) is 23.9 Å². The van der Waals surface area contributed by atoms with Gasteiger partial charge < -0.3 is 10.2 Å². The van der Waals surface area contributed by atoms with Crippen LogP contribution in [0.4, 0.5) is 0 Å². The van der Waals surface area contributed by atoms with E-state index in [4.69, 9.17) is 0 Å². The maximum Gasteiger partial charge on any atom is 0.268 e. The number of carbonyl (C=O) groups is 1. The Bertz CT molecular complexity index is 393. The second-order valence-electron chi connectivity index (χ2n) is 3.91. The fourth-order valence-electron chi connectivity index (χ4n) is 1.66. The molecule has 1 N–H and O–H groups in total. The third kappa shape index (κ3) is 1.69. The largest absolute Gasteiger partial charge is 0.348 e. The molecule has 0 bridgehead atoms. The summed E-state index contributed by atoms with van der Waals surface area (Å²) in [4.78, 5) is 13.9. The van der Waals surface area contributed by atoms with Crippen LogP contribution >= 0.6 is 11.8 Å². The zero-order valence-electron chi connectivity index (χ0n) is 8.27. The number of allylic oxidation sites excluding steroid dienone is 2. The van der Waals surface area contributed by atoms with Crippen LogP contribution in [0.5, 0.6) is 0 Å². The maximum absolute atomic E-state index is 11.9. The number of nitrogens with zero attached hydrogens (tertiary/aromatic N) is 1. The first-order valence-corrected chi connectivity index (χ1v) is 6.04. The normalized spacial score (nSPS) is 23.3. The highest BCUT2D eigenvalue weighted by Crippen LogP contribution is 2.36. The molecular formula is C11H12N2OS. The number of amides is 1. The molecule has 1 amide bonds. The fraction of sp³-hybridized carbons (Fsp3) is 0.364. The van der Waals surface area contributed by atoms with E-state index in [1.807, 2.05) is 17.6 Å². The Morgan fingerprint density at radius 2 is 2.40 bits per heavy atom. The number of hydrogen-bond donors (Lipinski definition) is 1. The first kappa shape index (κ1) is 9.09. The molecule has 0 spiro atoms. The van der Waals surface area contributed by atoms with Gasteiger partial charge in [-0.15, -0.1) is 0 Å². The summed E-state index contributed by atoms with van der Waals surface area (Å²) < 4.78 is 0. The van der Waals surface area contributed by atoms with Gasteiger partial charge in [-0.3, -0.25) is 4.79 Å². The predicted octanol–water partition coefficient (Wildman–Crippen LogP) is 1.57. The molecule has 1 aliphatic carbocycles. The van der Waals surface area contributed by atoms with Crippen molar-refractivity contribution in [2.75, 3.05) is 6.54 Å². The van der Waals surface area contributed by atoms with E-state index in [0.717, 1.165) is 30.1 Å². The van der Waals surface area contributed by atoms with Crippen molar-refractivity contribution in [1.82, 2.24) is 10.2 Å².